The first-order valence-corrected chi connectivity index (χ1v) is 9.68. The molecule has 4 nitrogen and oxygen atoms in total. The van der Waals surface area contributed by atoms with Crippen LogP contribution >= 0.6 is 18.9 Å². The van der Waals surface area contributed by atoms with Crippen molar-refractivity contribution in [3.05, 3.63) is 15.6 Å². The Hall–Kier alpha value is -0.220. The van der Waals surface area contributed by atoms with E-state index in [0.717, 1.165) is 10.7 Å². The van der Waals surface area contributed by atoms with E-state index in [4.69, 9.17) is 14.0 Å². The van der Waals surface area contributed by atoms with E-state index < -0.39 is 7.60 Å². The van der Waals surface area contributed by atoms with Crippen LogP contribution in [-0.4, -0.2) is 25.4 Å². The van der Waals surface area contributed by atoms with Crippen molar-refractivity contribution in [3.8, 4) is 0 Å². The predicted octanol–water partition coefficient (Wildman–Crippen LogP) is 4.77. The van der Waals surface area contributed by atoms with Crippen LogP contribution in [0.15, 0.2) is 0 Å². The summed E-state index contributed by atoms with van der Waals surface area (Å²) < 4.78 is 22.3. The van der Waals surface area contributed by atoms with E-state index in [-0.39, 0.29) is 10.8 Å². The second-order valence-electron chi connectivity index (χ2n) is 7.24. The van der Waals surface area contributed by atoms with Gasteiger partial charge in [-0.05, 0) is 5.41 Å². The Balaban J connectivity index is 3.11. The molecule has 0 aliphatic carbocycles. The zero-order valence-corrected chi connectivity index (χ0v) is 16.2. The van der Waals surface area contributed by atoms with E-state index in [1.165, 1.54) is 19.1 Å². The minimum atomic E-state index is -2.99. The Bertz CT molecular complexity index is 518. The van der Waals surface area contributed by atoms with Crippen molar-refractivity contribution in [2.75, 3.05) is 20.4 Å². The molecule has 0 N–H and O–H groups in total. The van der Waals surface area contributed by atoms with Gasteiger partial charge in [0, 0.05) is 30.9 Å². The molecule has 0 amide bonds. The highest BCUT2D eigenvalue weighted by atomic mass is 32.1. The van der Waals surface area contributed by atoms with E-state index in [2.05, 4.69) is 41.5 Å². The Morgan fingerprint density at radius 3 is 1.95 bits per heavy atom. The van der Waals surface area contributed by atoms with Gasteiger partial charge in [0.25, 0.3) is 0 Å². The molecule has 0 aliphatic heterocycles. The fraction of sp³-hybridized carbons (Fsp3) is 0.800. The lowest BCUT2D eigenvalue weighted by molar-refractivity contribution is 0.276. The molecule has 0 bridgehead atoms. The second kappa shape index (κ2) is 6.49. The molecule has 0 spiro atoms. The number of thiazole rings is 1. The molecule has 0 atom stereocenters. The highest BCUT2D eigenvalue weighted by Gasteiger charge is 2.29. The van der Waals surface area contributed by atoms with E-state index >= 15 is 0 Å². The lowest BCUT2D eigenvalue weighted by Crippen LogP contribution is -2.13. The average molecular weight is 333 g/mol. The van der Waals surface area contributed by atoms with Gasteiger partial charge in [0.15, 0.2) is 0 Å². The molecule has 0 fully saturated rings. The molecule has 0 radical (unpaired) electrons. The summed E-state index contributed by atoms with van der Waals surface area (Å²) in [7, 11) is -0.131. The first-order valence-electron chi connectivity index (χ1n) is 7.14. The van der Waals surface area contributed by atoms with Gasteiger partial charge in [-0.2, -0.15) is 0 Å². The van der Waals surface area contributed by atoms with Crippen molar-refractivity contribution >= 4 is 18.9 Å². The molecular weight excluding hydrogens is 305 g/mol. The third-order valence-corrected chi connectivity index (χ3v) is 7.03. The zero-order chi connectivity index (χ0) is 16.5. The minimum absolute atomic E-state index is 0.0229. The largest absolute Gasteiger partial charge is 0.330 e. The van der Waals surface area contributed by atoms with Crippen molar-refractivity contribution in [1.82, 2.24) is 4.98 Å². The molecule has 1 heterocycles. The van der Waals surface area contributed by atoms with Crippen LogP contribution in [0.3, 0.4) is 0 Å². The van der Waals surface area contributed by atoms with Crippen molar-refractivity contribution < 1.29 is 13.6 Å². The van der Waals surface area contributed by atoms with Gasteiger partial charge in [0.05, 0.1) is 16.9 Å². The molecule has 0 saturated heterocycles. The molecule has 1 aromatic rings. The summed E-state index contributed by atoms with van der Waals surface area (Å²) in [5.74, 6) is 0. The number of hydrogen-bond donors (Lipinski definition) is 0. The molecular formula is C15H28NO3PS. The Kier molecular flexibility index (Phi) is 5.82. The van der Waals surface area contributed by atoms with Crippen LogP contribution in [0.25, 0.3) is 0 Å². The zero-order valence-electron chi connectivity index (χ0n) is 14.4. The summed E-state index contributed by atoms with van der Waals surface area (Å²) >= 11 is 1.76. The van der Waals surface area contributed by atoms with E-state index in [9.17, 15) is 4.57 Å². The fourth-order valence-corrected chi connectivity index (χ4v) is 4.15. The molecule has 6 heteroatoms. The maximum atomic E-state index is 12.2. The van der Waals surface area contributed by atoms with Gasteiger partial charge in [0.2, 0.25) is 0 Å². The van der Waals surface area contributed by atoms with Crippen molar-refractivity contribution in [1.29, 1.82) is 0 Å². The molecule has 0 unspecified atom stereocenters. The Labute approximate surface area is 132 Å². The molecule has 0 aliphatic rings. The van der Waals surface area contributed by atoms with Crippen molar-refractivity contribution in [2.24, 2.45) is 0 Å². The maximum Gasteiger partial charge on any atom is 0.330 e. The Morgan fingerprint density at radius 1 is 1.05 bits per heavy atom. The van der Waals surface area contributed by atoms with Gasteiger partial charge in [-0.15, -0.1) is 11.3 Å². The number of rotatable bonds is 5. The highest BCUT2D eigenvalue weighted by Crippen LogP contribution is 2.47. The van der Waals surface area contributed by atoms with Crippen LogP contribution in [0.2, 0.25) is 0 Å². The highest BCUT2D eigenvalue weighted by molar-refractivity contribution is 7.53. The number of aryl methyl sites for hydroxylation is 1. The first kappa shape index (κ1) is 18.8. The summed E-state index contributed by atoms with van der Waals surface area (Å²) in [6.07, 6.45) is 0.967. The molecule has 0 aromatic carbocycles. The summed E-state index contributed by atoms with van der Waals surface area (Å²) in [5, 5.41) is 1.12. The van der Waals surface area contributed by atoms with Crippen LogP contribution in [-0.2, 0) is 30.9 Å². The second-order valence-corrected chi connectivity index (χ2v) is 10.6. The quantitative estimate of drug-likeness (QED) is 0.729. The number of hydrogen-bond acceptors (Lipinski definition) is 5. The van der Waals surface area contributed by atoms with Crippen LogP contribution < -0.4 is 0 Å². The average Bonchev–Trinajstić information content (AvgIpc) is 2.80. The van der Waals surface area contributed by atoms with Crippen LogP contribution in [0.1, 0.15) is 57.1 Å². The number of aromatic nitrogens is 1. The van der Waals surface area contributed by atoms with Crippen LogP contribution in [0.5, 0.6) is 0 Å². The molecule has 21 heavy (non-hydrogen) atoms. The van der Waals surface area contributed by atoms with E-state index in [0.29, 0.717) is 12.6 Å². The van der Waals surface area contributed by atoms with Gasteiger partial charge in [0.1, 0.15) is 0 Å². The monoisotopic (exact) mass is 333 g/mol. The summed E-state index contributed by atoms with van der Waals surface area (Å²) in [6.45, 7) is 13.0. The van der Waals surface area contributed by atoms with Crippen molar-refractivity contribution in [3.63, 3.8) is 0 Å². The van der Waals surface area contributed by atoms with Gasteiger partial charge in [-0.1, -0.05) is 41.5 Å². The van der Waals surface area contributed by atoms with Crippen LogP contribution in [0.4, 0.5) is 0 Å². The third kappa shape index (κ3) is 4.88. The van der Waals surface area contributed by atoms with Gasteiger partial charge in [-0.25, -0.2) is 4.98 Å². The molecule has 1 rings (SSSR count). The molecule has 1 aromatic heterocycles. The summed E-state index contributed by atoms with van der Waals surface area (Å²) in [6, 6.07) is 0. The lowest BCUT2D eigenvalue weighted by atomic mass is 9.92. The minimum Gasteiger partial charge on any atom is -0.312 e. The normalized spacial score (nSPS) is 13.7. The van der Waals surface area contributed by atoms with Crippen LogP contribution in [0, 0.1) is 0 Å². The van der Waals surface area contributed by atoms with Gasteiger partial charge < -0.3 is 9.05 Å². The number of nitrogens with zero attached hydrogens (tertiary/aromatic N) is 1. The third-order valence-electron chi connectivity index (χ3n) is 3.20. The van der Waals surface area contributed by atoms with Gasteiger partial charge >= 0.3 is 7.60 Å². The SMILES string of the molecule is COP(=O)(CCc1nc(C(C)(C)C)sc1C(C)(C)C)OC. The lowest BCUT2D eigenvalue weighted by Gasteiger charge is -2.19. The van der Waals surface area contributed by atoms with Crippen molar-refractivity contribution in [2.45, 2.75) is 58.8 Å². The first-order chi connectivity index (χ1) is 9.43. The summed E-state index contributed by atoms with van der Waals surface area (Å²) in [4.78, 5) is 6.06. The fourth-order valence-electron chi connectivity index (χ4n) is 1.93. The summed E-state index contributed by atoms with van der Waals surface area (Å²) in [5.41, 5.74) is 1.07. The molecule has 122 valence electrons. The Morgan fingerprint density at radius 2 is 1.57 bits per heavy atom. The smallest absolute Gasteiger partial charge is 0.312 e. The standard InChI is InChI=1S/C15H28NO3PS/c1-14(2,3)12-11(9-10-20(17,18-7)19-8)16-13(21-12)15(4,5)6/h9-10H2,1-8H3. The maximum absolute atomic E-state index is 12.2. The van der Waals surface area contributed by atoms with E-state index in [1.54, 1.807) is 11.3 Å². The molecule has 0 saturated carbocycles. The van der Waals surface area contributed by atoms with Gasteiger partial charge in [-0.3, -0.25) is 4.57 Å². The topological polar surface area (TPSA) is 48.4 Å². The van der Waals surface area contributed by atoms with E-state index in [1.807, 2.05) is 0 Å². The predicted molar refractivity (Wildman–Crippen MR) is 89.7 cm³/mol.